The van der Waals surface area contributed by atoms with Crippen molar-refractivity contribution in [1.82, 2.24) is 0 Å². The first-order chi connectivity index (χ1) is 18.6. The Morgan fingerprint density at radius 1 is 0.897 bits per heavy atom. The highest BCUT2D eigenvalue weighted by molar-refractivity contribution is 7.80. The van der Waals surface area contributed by atoms with Gasteiger partial charge in [0, 0.05) is 17.2 Å². The third-order valence-corrected chi connectivity index (χ3v) is 8.61. The second-order valence-electron chi connectivity index (χ2n) is 9.60. The largest absolute Gasteiger partial charge is 0.508 e. The van der Waals surface area contributed by atoms with Crippen LogP contribution in [0.15, 0.2) is 97.1 Å². The summed E-state index contributed by atoms with van der Waals surface area (Å²) in [5, 5.41) is 21.8. The Labute approximate surface area is 231 Å². The van der Waals surface area contributed by atoms with E-state index in [-0.39, 0.29) is 28.8 Å². The van der Waals surface area contributed by atoms with Gasteiger partial charge in [-0.05, 0) is 72.0 Å². The van der Waals surface area contributed by atoms with E-state index in [1.165, 1.54) is 24.3 Å². The first kappa shape index (κ1) is 27.2. The molecule has 1 unspecified atom stereocenters. The number of halogens is 1. The number of phenols is 1. The van der Waals surface area contributed by atoms with Crippen molar-refractivity contribution in [3.8, 4) is 16.9 Å². The molecule has 200 valence electrons. The van der Waals surface area contributed by atoms with Crippen molar-refractivity contribution in [1.29, 1.82) is 0 Å². The summed E-state index contributed by atoms with van der Waals surface area (Å²) >= 11 is 5.81. The fraction of sp³-hybridized carbons (Fsp3) is 0.167. The van der Waals surface area contributed by atoms with Gasteiger partial charge in [-0.15, -0.1) is 0 Å². The molecule has 1 fully saturated rings. The SMILES string of the molecule is O=P(O)(O)c1ccc(-c2ccc([C@@H]3[C@@H](CCC(O)c4ccc(F)cc4)C(=S)N3c3ccccc3)c(O)c2)cc1. The number of hydrogen-bond donors (Lipinski definition) is 4. The maximum absolute atomic E-state index is 13.3. The molecule has 0 aromatic heterocycles. The van der Waals surface area contributed by atoms with Crippen LogP contribution in [0.25, 0.3) is 11.1 Å². The highest BCUT2D eigenvalue weighted by Crippen LogP contribution is 2.49. The lowest BCUT2D eigenvalue weighted by Crippen LogP contribution is -2.54. The van der Waals surface area contributed by atoms with E-state index in [1.54, 1.807) is 30.3 Å². The maximum atomic E-state index is 13.3. The number of para-hydroxylation sites is 1. The molecule has 0 spiro atoms. The molecule has 0 saturated carbocycles. The molecule has 1 heterocycles. The van der Waals surface area contributed by atoms with Crippen LogP contribution in [0, 0.1) is 11.7 Å². The predicted molar refractivity (Wildman–Crippen MR) is 154 cm³/mol. The lowest BCUT2D eigenvalue weighted by molar-refractivity contribution is 0.157. The number of hydrogen-bond acceptors (Lipinski definition) is 4. The summed E-state index contributed by atoms with van der Waals surface area (Å²) in [5.74, 6) is -0.403. The number of aliphatic hydroxyl groups is 1. The van der Waals surface area contributed by atoms with Crippen molar-refractivity contribution in [2.75, 3.05) is 4.90 Å². The third-order valence-electron chi connectivity index (χ3n) is 7.14. The summed E-state index contributed by atoms with van der Waals surface area (Å²) in [6.45, 7) is 0. The van der Waals surface area contributed by atoms with Crippen molar-refractivity contribution in [3.63, 3.8) is 0 Å². The summed E-state index contributed by atoms with van der Waals surface area (Å²) in [6, 6.07) is 26.5. The predicted octanol–water partition coefficient (Wildman–Crippen LogP) is 6.02. The smallest absolute Gasteiger partial charge is 0.356 e. The molecule has 0 amide bonds. The summed E-state index contributed by atoms with van der Waals surface area (Å²) < 4.78 is 24.8. The fourth-order valence-corrected chi connectivity index (χ4v) is 6.08. The van der Waals surface area contributed by atoms with Gasteiger partial charge in [-0.2, -0.15) is 0 Å². The van der Waals surface area contributed by atoms with Crippen LogP contribution < -0.4 is 10.2 Å². The second kappa shape index (κ2) is 11.0. The van der Waals surface area contributed by atoms with Gasteiger partial charge in [0.1, 0.15) is 11.6 Å². The molecule has 5 rings (SSSR count). The first-order valence-corrected chi connectivity index (χ1v) is 14.5. The van der Waals surface area contributed by atoms with Crippen LogP contribution in [-0.2, 0) is 4.57 Å². The number of nitrogens with zero attached hydrogens (tertiary/aromatic N) is 1. The molecule has 4 aromatic carbocycles. The van der Waals surface area contributed by atoms with Gasteiger partial charge < -0.3 is 24.9 Å². The molecule has 0 aliphatic carbocycles. The van der Waals surface area contributed by atoms with Gasteiger partial charge in [-0.3, -0.25) is 4.57 Å². The van der Waals surface area contributed by atoms with E-state index in [9.17, 15) is 29.0 Å². The van der Waals surface area contributed by atoms with E-state index in [1.807, 2.05) is 47.4 Å². The number of anilines is 1. The Bertz CT molecular complexity index is 1530. The molecule has 1 aliphatic heterocycles. The van der Waals surface area contributed by atoms with Gasteiger partial charge in [0.25, 0.3) is 0 Å². The van der Waals surface area contributed by atoms with Gasteiger partial charge >= 0.3 is 7.60 Å². The highest BCUT2D eigenvalue weighted by Gasteiger charge is 2.46. The molecule has 0 radical (unpaired) electrons. The molecule has 39 heavy (non-hydrogen) atoms. The average Bonchev–Trinajstić information content (AvgIpc) is 2.92. The van der Waals surface area contributed by atoms with E-state index in [0.29, 0.717) is 40.1 Å². The van der Waals surface area contributed by atoms with Gasteiger partial charge in [-0.1, -0.05) is 66.8 Å². The highest BCUT2D eigenvalue weighted by atomic mass is 32.1. The van der Waals surface area contributed by atoms with Crippen molar-refractivity contribution in [3.05, 3.63) is 114 Å². The number of aromatic hydroxyl groups is 1. The summed E-state index contributed by atoms with van der Waals surface area (Å²) in [4.78, 5) is 21.5. The van der Waals surface area contributed by atoms with Crippen LogP contribution in [0.1, 0.15) is 36.1 Å². The molecule has 1 aliphatic rings. The van der Waals surface area contributed by atoms with E-state index in [0.717, 1.165) is 5.69 Å². The Balaban J connectivity index is 1.42. The summed E-state index contributed by atoms with van der Waals surface area (Å²) in [7, 11) is -4.34. The molecule has 0 bridgehead atoms. The molecular formula is C30H27FNO5PS. The van der Waals surface area contributed by atoms with Crippen molar-refractivity contribution in [2.24, 2.45) is 5.92 Å². The lowest BCUT2D eigenvalue weighted by atomic mass is 9.78. The average molecular weight is 564 g/mol. The number of benzene rings is 4. The Morgan fingerprint density at radius 2 is 1.54 bits per heavy atom. The first-order valence-electron chi connectivity index (χ1n) is 12.4. The normalized spacial score (nSPS) is 18.1. The van der Waals surface area contributed by atoms with Crippen molar-refractivity contribution in [2.45, 2.75) is 25.0 Å². The molecule has 1 saturated heterocycles. The van der Waals surface area contributed by atoms with Gasteiger partial charge in [0.05, 0.1) is 22.4 Å². The summed E-state index contributed by atoms with van der Waals surface area (Å²) in [5.41, 5.74) is 3.63. The zero-order valence-electron chi connectivity index (χ0n) is 20.8. The minimum Gasteiger partial charge on any atom is -0.508 e. The molecule has 6 nitrogen and oxygen atoms in total. The minimum atomic E-state index is -4.34. The van der Waals surface area contributed by atoms with E-state index in [4.69, 9.17) is 12.2 Å². The molecule has 4 N–H and O–H groups in total. The number of aliphatic hydroxyl groups excluding tert-OH is 1. The van der Waals surface area contributed by atoms with Crippen LogP contribution >= 0.6 is 19.8 Å². The van der Waals surface area contributed by atoms with Crippen LogP contribution in [0.4, 0.5) is 10.1 Å². The zero-order chi connectivity index (χ0) is 27.7. The van der Waals surface area contributed by atoms with Crippen molar-refractivity contribution >= 4 is 35.8 Å². The number of thiocarbonyl (C=S) groups is 1. The van der Waals surface area contributed by atoms with Crippen LogP contribution in [0.2, 0.25) is 0 Å². The number of rotatable bonds is 8. The van der Waals surface area contributed by atoms with Gasteiger partial charge in [-0.25, -0.2) is 4.39 Å². The third kappa shape index (κ3) is 5.66. The van der Waals surface area contributed by atoms with Gasteiger partial charge in [0.2, 0.25) is 0 Å². The molecule has 9 heteroatoms. The van der Waals surface area contributed by atoms with E-state index < -0.39 is 13.7 Å². The monoisotopic (exact) mass is 563 g/mol. The van der Waals surface area contributed by atoms with Crippen LogP contribution in [0.5, 0.6) is 5.75 Å². The molecule has 3 atom stereocenters. The summed E-state index contributed by atoms with van der Waals surface area (Å²) in [6.07, 6.45) is 0.212. The topological polar surface area (TPSA) is 101 Å². The van der Waals surface area contributed by atoms with Crippen molar-refractivity contribution < 1.29 is 29.0 Å². The van der Waals surface area contributed by atoms with Gasteiger partial charge in [0.15, 0.2) is 0 Å². The number of phenolic OH excluding ortho intramolecular Hbond substituents is 1. The fourth-order valence-electron chi connectivity index (χ4n) is 5.07. The van der Waals surface area contributed by atoms with Crippen LogP contribution in [0.3, 0.4) is 0 Å². The van der Waals surface area contributed by atoms with E-state index >= 15 is 0 Å². The second-order valence-corrected chi connectivity index (χ2v) is 11.6. The standard InChI is InChI=1S/C30H27FNO5PS/c31-22-11-6-20(7-12-22)27(33)17-16-26-29(32(30(26)39)23-4-2-1-3-5-23)25-15-10-21(18-28(25)34)19-8-13-24(14-9-19)38(35,36)37/h1-15,18,26-27,29,33-34H,16-17H2,(H2,35,36,37)/t26-,27?,29-/m1/s1. The maximum Gasteiger partial charge on any atom is 0.356 e. The lowest BCUT2D eigenvalue weighted by Gasteiger charge is -2.50. The molecule has 4 aromatic rings. The van der Waals surface area contributed by atoms with E-state index in [2.05, 4.69) is 0 Å². The Hall–Kier alpha value is -3.39. The molecular weight excluding hydrogens is 536 g/mol. The van der Waals surface area contributed by atoms with Crippen LogP contribution in [-0.4, -0.2) is 25.0 Å². The zero-order valence-corrected chi connectivity index (χ0v) is 22.5. The minimum absolute atomic E-state index is 0.0701. The quantitative estimate of drug-likeness (QED) is 0.154. The Kier molecular flexibility index (Phi) is 7.67. The Morgan fingerprint density at radius 3 is 2.15 bits per heavy atom.